The molecule has 2 aliphatic rings. The fraction of sp³-hybridized carbons (Fsp3) is 1.00. The summed E-state index contributed by atoms with van der Waals surface area (Å²) in [6, 6.07) is 0. The van der Waals surface area contributed by atoms with Crippen molar-refractivity contribution >= 4 is 0 Å². The predicted molar refractivity (Wildman–Crippen MR) is 77.5 cm³/mol. The molecule has 2 saturated heterocycles. The van der Waals surface area contributed by atoms with Gasteiger partial charge in [-0.2, -0.15) is 0 Å². The molecule has 2 aliphatic heterocycles. The number of nitrogens with zero attached hydrogens (tertiary/aromatic N) is 1. The van der Waals surface area contributed by atoms with E-state index < -0.39 is 0 Å². The second kappa shape index (κ2) is 8.90. The van der Waals surface area contributed by atoms with Crippen LogP contribution in [0.5, 0.6) is 0 Å². The van der Waals surface area contributed by atoms with Crippen LogP contribution in [0, 0.1) is 5.92 Å². The van der Waals surface area contributed by atoms with Gasteiger partial charge in [0.15, 0.2) is 0 Å². The van der Waals surface area contributed by atoms with E-state index in [1.54, 1.807) is 0 Å². The fourth-order valence-electron chi connectivity index (χ4n) is 3.04. The summed E-state index contributed by atoms with van der Waals surface area (Å²) in [5.41, 5.74) is 0. The van der Waals surface area contributed by atoms with E-state index in [-0.39, 0.29) is 0 Å². The fourth-order valence-corrected chi connectivity index (χ4v) is 3.04. The van der Waals surface area contributed by atoms with Crippen molar-refractivity contribution in [3.8, 4) is 0 Å². The Labute approximate surface area is 117 Å². The average molecular weight is 270 g/mol. The van der Waals surface area contributed by atoms with Crippen LogP contribution in [-0.2, 0) is 9.47 Å². The molecule has 4 heteroatoms. The van der Waals surface area contributed by atoms with Gasteiger partial charge in [-0.3, -0.25) is 0 Å². The van der Waals surface area contributed by atoms with Crippen molar-refractivity contribution in [1.29, 1.82) is 0 Å². The number of rotatable bonds is 8. The smallest absolute Gasteiger partial charge is 0.0809 e. The maximum atomic E-state index is 5.65. The Hall–Kier alpha value is -0.160. The number of hydrogen-bond acceptors (Lipinski definition) is 4. The van der Waals surface area contributed by atoms with Crippen LogP contribution in [0.2, 0.25) is 0 Å². The van der Waals surface area contributed by atoms with Crippen molar-refractivity contribution in [2.45, 2.75) is 38.2 Å². The molecule has 2 rings (SSSR count). The quantitative estimate of drug-likeness (QED) is 0.678. The molecule has 2 fully saturated rings. The first kappa shape index (κ1) is 15.2. The predicted octanol–water partition coefficient (Wildman–Crippen LogP) is 1.50. The SMILES string of the molecule is CN1CCCC(CNCCCOCC2CCCO2)C1. The van der Waals surface area contributed by atoms with Crippen molar-refractivity contribution in [2.75, 3.05) is 53.0 Å². The summed E-state index contributed by atoms with van der Waals surface area (Å²) in [5, 5.41) is 3.57. The van der Waals surface area contributed by atoms with Gasteiger partial charge >= 0.3 is 0 Å². The van der Waals surface area contributed by atoms with Gasteiger partial charge in [0.1, 0.15) is 0 Å². The number of ether oxygens (including phenoxy) is 2. The minimum absolute atomic E-state index is 0.366. The van der Waals surface area contributed by atoms with Crippen LogP contribution in [-0.4, -0.2) is 64.1 Å². The third kappa shape index (κ3) is 6.21. The molecule has 4 nitrogen and oxygen atoms in total. The van der Waals surface area contributed by atoms with E-state index in [2.05, 4.69) is 17.3 Å². The molecular weight excluding hydrogens is 240 g/mol. The summed E-state index contributed by atoms with van der Waals surface area (Å²) in [6.07, 6.45) is 6.58. The van der Waals surface area contributed by atoms with Crippen LogP contribution in [0.25, 0.3) is 0 Å². The maximum absolute atomic E-state index is 5.65. The van der Waals surface area contributed by atoms with Crippen molar-refractivity contribution < 1.29 is 9.47 Å². The van der Waals surface area contributed by atoms with Gasteiger partial charge in [-0.05, 0) is 64.7 Å². The molecule has 0 saturated carbocycles. The summed E-state index contributed by atoms with van der Waals surface area (Å²) in [4.78, 5) is 2.44. The molecule has 0 amide bonds. The highest BCUT2D eigenvalue weighted by Crippen LogP contribution is 2.14. The molecule has 0 spiro atoms. The second-order valence-corrected chi connectivity index (χ2v) is 6.04. The van der Waals surface area contributed by atoms with E-state index in [0.29, 0.717) is 6.10 Å². The number of nitrogens with one attached hydrogen (secondary N) is 1. The van der Waals surface area contributed by atoms with Crippen molar-refractivity contribution in [3.63, 3.8) is 0 Å². The van der Waals surface area contributed by atoms with Crippen LogP contribution in [0.1, 0.15) is 32.1 Å². The molecular formula is C15H30N2O2. The van der Waals surface area contributed by atoms with Gasteiger partial charge in [-0.1, -0.05) is 0 Å². The molecule has 112 valence electrons. The minimum Gasteiger partial charge on any atom is -0.379 e. The summed E-state index contributed by atoms with van der Waals surface area (Å²) < 4.78 is 11.2. The lowest BCUT2D eigenvalue weighted by atomic mass is 9.98. The molecule has 0 bridgehead atoms. The van der Waals surface area contributed by atoms with E-state index in [1.807, 2.05) is 0 Å². The summed E-state index contributed by atoms with van der Waals surface area (Å²) in [6.45, 7) is 7.33. The first-order valence-corrected chi connectivity index (χ1v) is 7.93. The zero-order chi connectivity index (χ0) is 13.3. The van der Waals surface area contributed by atoms with Crippen LogP contribution >= 0.6 is 0 Å². The molecule has 0 radical (unpaired) electrons. The lowest BCUT2D eigenvalue weighted by Gasteiger charge is -2.29. The van der Waals surface area contributed by atoms with Crippen molar-refractivity contribution in [1.82, 2.24) is 10.2 Å². The molecule has 2 unspecified atom stereocenters. The van der Waals surface area contributed by atoms with E-state index in [4.69, 9.17) is 9.47 Å². The highest BCUT2D eigenvalue weighted by Gasteiger charge is 2.16. The molecule has 0 aromatic heterocycles. The molecule has 19 heavy (non-hydrogen) atoms. The Balaban J connectivity index is 1.37. The highest BCUT2D eigenvalue weighted by molar-refractivity contribution is 4.72. The van der Waals surface area contributed by atoms with Crippen LogP contribution in [0.4, 0.5) is 0 Å². The van der Waals surface area contributed by atoms with Crippen LogP contribution in [0.3, 0.4) is 0 Å². The first-order chi connectivity index (χ1) is 9.34. The molecule has 0 aromatic carbocycles. The summed E-state index contributed by atoms with van der Waals surface area (Å²) in [5.74, 6) is 0.839. The lowest BCUT2D eigenvalue weighted by Crippen LogP contribution is -2.37. The molecule has 2 heterocycles. The van der Waals surface area contributed by atoms with E-state index >= 15 is 0 Å². The first-order valence-electron chi connectivity index (χ1n) is 7.93. The zero-order valence-electron chi connectivity index (χ0n) is 12.4. The number of hydrogen-bond donors (Lipinski definition) is 1. The van der Waals surface area contributed by atoms with E-state index in [1.165, 1.54) is 38.8 Å². The number of likely N-dealkylation sites (tertiary alicyclic amines) is 1. The minimum atomic E-state index is 0.366. The Bertz CT molecular complexity index is 232. The van der Waals surface area contributed by atoms with Gasteiger partial charge in [-0.25, -0.2) is 0 Å². The highest BCUT2D eigenvalue weighted by atomic mass is 16.5. The Morgan fingerprint density at radius 2 is 2.26 bits per heavy atom. The second-order valence-electron chi connectivity index (χ2n) is 6.04. The van der Waals surface area contributed by atoms with E-state index in [9.17, 15) is 0 Å². The molecule has 0 aliphatic carbocycles. The largest absolute Gasteiger partial charge is 0.379 e. The third-order valence-electron chi connectivity index (χ3n) is 4.13. The average Bonchev–Trinajstić information content (AvgIpc) is 2.91. The molecule has 1 N–H and O–H groups in total. The third-order valence-corrected chi connectivity index (χ3v) is 4.13. The monoisotopic (exact) mass is 270 g/mol. The molecule has 2 atom stereocenters. The van der Waals surface area contributed by atoms with Gasteiger partial charge in [0.2, 0.25) is 0 Å². The maximum Gasteiger partial charge on any atom is 0.0809 e. The summed E-state index contributed by atoms with van der Waals surface area (Å²) in [7, 11) is 2.23. The standard InChI is InChI=1S/C15H30N2O2/c1-17-8-2-5-14(12-17)11-16-7-4-9-18-13-15-6-3-10-19-15/h14-16H,2-13H2,1H3. The Kier molecular flexibility index (Phi) is 7.14. The van der Waals surface area contributed by atoms with Gasteiger partial charge in [-0.15, -0.1) is 0 Å². The van der Waals surface area contributed by atoms with Gasteiger partial charge in [0.25, 0.3) is 0 Å². The normalized spacial score (nSPS) is 28.9. The van der Waals surface area contributed by atoms with Crippen LogP contribution < -0.4 is 5.32 Å². The zero-order valence-corrected chi connectivity index (χ0v) is 12.4. The lowest BCUT2D eigenvalue weighted by molar-refractivity contribution is 0.0166. The van der Waals surface area contributed by atoms with Crippen LogP contribution in [0.15, 0.2) is 0 Å². The van der Waals surface area contributed by atoms with E-state index in [0.717, 1.165) is 45.2 Å². The Morgan fingerprint density at radius 1 is 1.32 bits per heavy atom. The van der Waals surface area contributed by atoms with Gasteiger partial charge < -0.3 is 19.7 Å². The Morgan fingerprint density at radius 3 is 3.05 bits per heavy atom. The topological polar surface area (TPSA) is 33.7 Å². The van der Waals surface area contributed by atoms with Gasteiger partial charge in [0, 0.05) is 19.8 Å². The molecule has 0 aromatic rings. The van der Waals surface area contributed by atoms with Crippen molar-refractivity contribution in [3.05, 3.63) is 0 Å². The van der Waals surface area contributed by atoms with Crippen molar-refractivity contribution in [2.24, 2.45) is 5.92 Å². The summed E-state index contributed by atoms with van der Waals surface area (Å²) >= 11 is 0. The number of piperidine rings is 1. The van der Waals surface area contributed by atoms with Gasteiger partial charge in [0.05, 0.1) is 12.7 Å².